The van der Waals surface area contributed by atoms with E-state index in [4.69, 9.17) is 4.74 Å². The number of hydrogen-bond donors (Lipinski definition) is 1. The van der Waals surface area contributed by atoms with Crippen LogP contribution in [0.5, 0.6) is 0 Å². The normalized spacial score (nSPS) is 20.2. The van der Waals surface area contributed by atoms with Crippen LogP contribution in [0.25, 0.3) is 0 Å². The predicted molar refractivity (Wildman–Crippen MR) is 68.0 cm³/mol. The maximum atomic E-state index is 11.6. The number of esters is 1. The smallest absolute Gasteiger partial charge is 0.324 e. The third-order valence-electron chi connectivity index (χ3n) is 3.16. The number of carbonyl (C=O) groups is 1. The van der Waals surface area contributed by atoms with Crippen LogP contribution < -0.4 is 5.32 Å². The third kappa shape index (κ3) is 5.02. The Morgan fingerprint density at radius 3 is 2.53 bits per heavy atom. The molecule has 0 bridgehead atoms. The van der Waals surface area contributed by atoms with Crippen LogP contribution in [-0.4, -0.2) is 75.2 Å². The van der Waals surface area contributed by atoms with Crippen LogP contribution in [0.2, 0.25) is 0 Å². The van der Waals surface area contributed by atoms with Crippen molar-refractivity contribution in [1.29, 1.82) is 0 Å². The van der Waals surface area contributed by atoms with Crippen molar-refractivity contribution in [3.05, 3.63) is 0 Å². The number of hydrogen-bond acceptors (Lipinski definition) is 5. The number of methoxy groups -OCH3 is 1. The van der Waals surface area contributed by atoms with Crippen molar-refractivity contribution in [2.75, 3.05) is 53.4 Å². The van der Waals surface area contributed by atoms with Crippen LogP contribution in [0.15, 0.2) is 0 Å². The standard InChI is InChI=1S/C12H25N3O2/c1-4-5-13-11(12(16)17-3)10-15-8-6-14(2)7-9-15/h11,13H,4-10H2,1-3H3. The van der Waals surface area contributed by atoms with E-state index in [1.54, 1.807) is 0 Å². The van der Waals surface area contributed by atoms with Gasteiger partial charge in [-0.3, -0.25) is 9.69 Å². The number of rotatable bonds is 6. The fraction of sp³-hybridized carbons (Fsp3) is 0.917. The first kappa shape index (κ1) is 14.4. The van der Waals surface area contributed by atoms with E-state index in [1.807, 2.05) is 0 Å². The molecule has 1 aliphatic heterocycles. The van der Waals surface area contributed by atoms with E-state index in [9.17, 15) is 4.79 Å². The number of likely N-dealkylation sites (N-methyl/N-ethyl adjacent to an activating group) is 1. The Bertz CT molecular complexity index is 228. The van der Waals surface area contributed by atoms with E-state index in [-0.39, 0.29) is 12.0 Å². The molecule has 17 heavy (non-hydrogen) atoms. The third-order valence-corrected chi connectivity index (χ3v) is 3.16. The fourth-order valence-electron chi connectivity index (χ4n) is 1.97. The Labute approximate surface area is 104 Å². The molecule has 0 aliphatic carbocycles. The molecule has 100 valence electrons. The molecule has 0 radical (unpaired) electrons. The van der Waals surface area contributed by atoms with Gasteiger partial charge in [-0.15, -0.1) is 0 Å². The van der Waals surface area contributed by atoms with Gasteiger partial charge in [-0.25, -0.2) is 0 Å². The summed E-state index contributed by atoms with van der Waals surface area (Å²) in [6.45, 7) is 7.89. The van der Waals surface area contributed by atoms with Gasteiger partial charge in [-0.1, -0.05) is 6.92 Å². The zero-order valence-corrected chi connectivity index (χ0v) is 11.2. The van der Waals surface area contributed by atoms with Crippen molar-refractivity contribution in [3.63, 3.8) is 0 Å². The molecule has 5 nitrogen and oxygen atoms in total. The predicted octanol–water partition coefficient (Wildman–Crippen LogP) is -0.225. The van der Waals surface area contributed by atoms with Crippen LogP contribution in [0, 0.1) is 0 Å². The molecule has 1 saturated heterocycles. The fourth-order valence-corrected chi connectivity index (χ4v) is 1.97. The van der Waals surface area contributed by atoms with Gasteiger partial charge in [0.15, 0.2) is 0 Å². The van der Waals surface area contributed by atoms with Crippen LogP contribution in [-0.2, 0) is 9.53 Å². The van der Waals surface area contributed by atoms with E-state index < -0.39 is 0 Å². The molecule has 0 amide bonds. The first-order valence-electron chi connectivity index (χ1n) is 6.39. The second-order valence-corrected chi connectivity index (χ2v) is 4.63. The molecular weight excluding hydrogens is 218 g/mol. The molecule has 0 aromatic heterocycles. The molecule has 0 aromatic rings. The molecule has 1 atom stereocenters. The van der Waals surface area contributed by atoms with Crippen LogP contribution in [0.3, 0.4) is 0 Å². The van der Waals surface area contributed by atoms with Crippen molar-refractivity contribution in [3.8, 4) is 0 Å². The highest BCUT2D eigenvalue weighted by Crippen LogP contribution is 2.01. The lowest BCUT2D eigenvalue weighted by molar-refractivity contribution is -0.143. The minimum Gasteiger partial charge on any atom is -0.468 e. The van der Waals surface area contributed by atoms with E-state index in [1.165, 1.54) is 7.11 Å². The molecule has 5 heteroatoms. The molecule has 0 aromatic carbocycles. The van der Waals surface area contributed by atoms with Crippen molar-refractivity contribution >= 4 is 5.97 Å². The first-order valence-corrected chi connectivity index (χ1v) is 6.39. The maximum absolute atomic E-state index is 11.6. The summed E-state index contributed by atoms with van der Waals surface area (Å²) >= 11 is 0. The highest BCUT2D eigenvalue weighted by atomic mass is 16.5. The SMILES string of the molecule is CCCNC(CN1CCN(C)CC1)C(=O)OC. The Morgan fingerprint density at radius 1 is 1.35 bits per heavy atom. The summed E-state index contributed by atoms with van der Waals surface area (Å²) in [5.41, 5.74) is 0. The van der Waals surface area contributed by atoms with E-state index >= 15 is 0 Å². The molecule has 1 rings (SSSR count). The van der Waals surface area contributed by atoms with Crippen molar-refractivity contribution in [2.24, 2.45) is 0 Å². The van der Waals surface area contributed by atoms with Gasteiger partial charge in [0.1, 0.15) is 6.04 Å². The summed E-state index contributed by atoms with van der Waals surface area (Å²) in [5.74, 6) is -0.155. The lowest BCUT2D eigenvalue weighted by atomic mass is 10.2. The summed E-state index contributed by atoms with van der Waals surface area (Å²) in [4.78, 5) is 16.3. The van der Waals surface area contributed by atoms with Gasteiger partial charge in [0, 0.05) is 32.7 Å². The molecule has 1 N–H and O–H groups in total. The highest BCUT2D eigenvalue weighted by Gasteiger charge is 2.23. The van der Waals surface area contributed by atoms with Gasteiger partial charge in [0.25, 0.3) is 0 Å². The van der Waals surface area contributed by atoms with Gasteiger partial charge < -0.3 is 15.0 Å². The Morgan fingerprint density at radius 2 is 2.00 bits per heavy atom. The molecule has 1 heterocycles. The van der Waals surface area contributed by atoms with Crippen molar-refractivity contribution in [2.45, 2.75) is 19.4 Å². The zero-order chi connectivity index (χ0) is 12.7. The van der Waals surface area contributed by atoms with E-state index in [2.05, 4.69) is 29.1 Å². The second kappa shape index (κ2) is 7.63. The van der Waals surface area contributed by atoms with Gasteiger partial charge in [-0.05, 0) is 20.0 Å². The second-order valence-electron chi connectivity index (χ2n) is 4.63. The van der Waals surface area contributed by atoms with Gasteiger partial charge >= 0.3 is 5.97 Å². The summed E-state index contributed by atoms with van der Waals surface area (Å²) in [7, 11) is 3.58. The van der Waals surface area contributed by atoms with E-state index in [0.717, 1.165) is 45.7 Å². The van der Waals surface area contributed by atoms with Crippen LogP contribution in [0.4, 0.5) is 0 Å². The van der Waals surface area contributed by atoms with Crippen LogP contribution >= 0.6 is 0 Å². The number of ether oxygens (including phenoxy) is 1. The number of piperazine rings is 1. The molecule has 0 saturated carbocycles. The largest absolute Gasteiger partial charge is 0.468 e. The molecule has 1 fully saturated rings. The zero-order valence-electron chi connectivity index (χ0n) is 11.2. The summed E-state index contributed by atoms with van der Waals surface area (Å²) in [6, 6.07) is -0.191. The maximum Gasteiger partial charge on any atom is 0.324 e. The minimum absolute atomic E-state index is 0.155. The van der Waals surface area contributed by atoms with Crippen molar-refractivity contribution in [1.82, 2.24) is 15.1 Å². The molecule has 0 spiro atoms. The lowest BCUT2D eigenvalue weighted by Crippen LogP contribution is -2.52. The van der Waals surface area contributed by atoms with Gasteiger partial charge in [0.05, 0.1) is 7.11 Å². The summed E-state index contributed by atoms with van der Waals surface area (Å²) in [5, 5.41) is 3.25. The summed E-state index contributed by atoms with van der Waals surface area (Å²) < 4.78 is 4.83. The Hall–Kier alpha value is -0.650. The number of carbonyl (C=O) groups excluding carboxylic acids is 1. The van der Waals surface area contributed by atoms with Crippen molar-refractivity contribution < 1.29 is 9.53 Å². The average molecular weight is 243 g/mol. The highest BCUT2D eigenvalue weighted by molar-refractivity contribution is 5.75. The topological polar surface area (TPSA) is 44.8 Å². The molecule has 1 aliphatic rings. The minimum atomic E-state index is -0.191. The molecular formula is C12H25N3O2. The number of nitrogens with one attached hydrogen (secondary N) is 1. The van der Waals surface area contributed by atoms with Gasteiger partial charge in [-0.2, -0.15) is 0 Å². The monoisotopic (exact) mass is 243 g/mol. The lowest BCUT2D eigenvalue weighted by Gasteiger charge is -2.34. The molecule has 1 unspecified atom stereocenters. The van der Waals surface area contributed by atoms with E-state index in [0.29, 0.717) is 0 Å². The summed E-state index contributed by atoms with van der Waals surface area (Å²) in [6.07, 6.45) is 1.02. The Kier molecular flexibility index (Phi) is 6.47. The van der Waals surface area contributed by atoms with Crippen LogP contribution in [0.1, 0.15) is 13.3 Å². The number of nitrogens with zero attached hydrogens (tertiary/aromatic N) is 2. The average Bonchev–Trinajstić information content (AvgIpc) is 2.36. The first-order chi connectivity index (χ1) is 8.17. The quantitative estimate of drug-likeness (QED) is 0.653. The Balaban J connectivity index is 2.39. The van der Waals surface area contributed by atoms with Gasteiger partial charge in [0.2, 0.25) is 0 Å².